The zero-order valence-corrected chi connectivity index (χ0v) is 9.63. The van der Waals surface area contributed by atoms with Crippen molar-refractivity contribution < 1.29 is 0 Å². The molecule has 1 rings (SSSR count). The maximum absolute atomic E-state index is 5.74. The lowest BCUT2D eigenvalue weighted by Crippen LogP contribution is -1.86. The summed E-state index contributed by atoms with van der Waals surface area (Å²) in [7, 11) is 0. The Labute approximate surface area is 89.4 Å². The van der Waals surface area contributed by atoms with Crippen LogP contribution in [-0.4, -0.2) is 5.04 Å². The predicted molar refractivity (Wildman–Crippen MR) is 60.8 cm³/mol. The molecule has 1 heterocycles. The van der Waals surface area contributed by atoms with E-state index in [1.807, 2.05) is 13.0 Å². The molecule has 1 aliphatic heterocycles. The molecule has 0 bridgehead atoms. The van der Waals surface area contributed by atoms with Crippen molar-refractivity contribution in [2.24, 2.45) is 4.99 Å². The first-order chi connectivity index (χ1) is 5.63. The van der Waals surface area contributed by atoms with Crippen molar-refractivity contribution in [1.82, 2.24) is 0 Å². The molecule has 0 N–H and O–H groups in total. The van der Waals surface area contributed by atoms with Gasteiger partial charge in [-0.1, -0.05) is 36.0 Å². The molecule has 0 aliphatic carbocycles. The van der Waals surface area contributed by atoms with Crippen LogP contribution in [0.25, 0.3) is 0 Å². The second-order valence-corrected chi connectivity index (χ2v) is 4.90. The molecule has 0 aromatic rings. The van der Waals surface area contributed by atoms with Gasteiger partial charge >= 0.3 is 0 Å². The summed E-state index contributed by atoms with van der Waals surface area (Å²) in [5.74, 6) is 0. The van der Waals surface area contributed by atoms with E-state index in [4.69, 9.17) is 11.6 Å². The molecule has 0 saturated carbocycles. The number of rotatable bonds is 1. The van der Waals surface area contributed by atoms with E-state index >= 15 is 0 Å². The molecule has 64 valence electrons. The summed E-state index contributed by atoms with van der Waals surface area (Å²) in [6.07, 6.45) is 3.66. The first-order valence-corrected chi connectivity index (χ1v) is 5.27. The number of nitrogens with zero attached hydrogens (tertiary/aromatic N) is 1. The molecule has 0 aromatic heterocycles. The first-order valence-electron chi connectivity index (χ1n) is 3.28. The molecule has 0 fully saturated rings. The van der Waals surface area contributed by atoms with Crippen molar-refractivity contribution in [3.63, 3.8) is 0 Å². The molecule has 0 spiro atoms. The summed E-state index contributed by atoms with van der Waals surface area (Å²) >= 11 is 10.6. The van der Waals surface area contributed by atoms with Crippen molar-refractivity contribution >= 4 is 44.3 Å². The van der Waals surface area contributed by atoms with E-state index in [-0.39, 0.29) is 0 Å². The monoisotopic (exact) mass is 263 g/mol. The SMILES string of the molecule is C=C1C=C(Br)SC1=N/C(Cl)=C\C. The smallest absolute Gasteiger partial charge is 0.126 e. The minimum Gasteiger partial charge on any atom is -0.229 e. The Morgan fingerprint density at radius 1 is 1.83 bits per heavy atom. The van der Waals surface area contributed by atoms with Crippen molar-refractivity contribution in [2.45, 2.75) is 6.92 Å². The predicted octanol–water partition coefficient (Wildman–Crippen LogP) is 4.02. The van der Waals surface area contributed by atoms with Crippen molar-refractivity contribution in [2.75, 3.05) is 0 Å². The summed E-state index contributed by atoms with van der Waals surface area (Å²) in [4.78, 5) is 4.15. The van der Waals surface area contributed by atoms with E-state index in [9.17, 15) is 0 Å². The first kappa shape index (κ1) is 10.1. The lowest BCUT2D eigenvalue weighted by atomic mass is 10.3. The minimum absolute atomic E-state index is 0.495. The highest BCUT2D eigenvalue weighted by Crippen LogP contribution is 2.35. The Kier molecular flexibility index (Phi) is 3.62. The van der Waals surface area contributed by atoms with Crippen LogP contribution in [0.3, 0.4) is 0 Å². The van der Waals surface area contributed by atoms with Gasteiger partial charge in [0, 0.05) is 5.57 Å². The molecule has 1 nitrogen and oxygen atoms in total. The molecular weight excluding hydrogens is 258 g/mol. The van der Waals surface area contributed by atoms with Gasteiger partial charge in [0.2, 0.25) is 0 Å². The molecule has 0 aromatic carbocycles. The molecule has 0 atom stereocenters. The fourth-order valence-corrected chi connectivity index (χ4v) is 2.23. The van der Waals surface area contributed by atoms with Gasteiger partial charge in [0.15, 0.2) is 0 Å². The number of aliphatic imine (C=N–C) groups is 1. The molecular formula is C8H7BrClNS. The third-order valence-corrected chi connectivity index (χ3v) is 3.08. The zero-order valence-electron chi connectivity index (χ0n) is 6.47. The van der Waals surface area contributed by atoms with E-state index in [0.717, 1.165) is 14.4 Å². The van der Waals surface area contributed by atoms with Crippen molar-refractivity contribution in [3.8, 4) is 0 Å². The Balaban J connectivity index is 2.82. The standard InChI is InChI=1S/C8H7BrClNS/c1-3-7(10)11-8-5(2)4-6(9)12-8/h3-4H,2H2,1H3/b7-3-,11-8?. The van der Waals surface area contributed by atoms with Gasteiger partial charge in [-0.05, 0) is 28.9 Å². The van der Waals surface area contributed by atoms with Crippen LogP contribution in [0.5, 0.6) is 0 Å². The Morgan fingerprint density at radius 2 is 2.50 bits per heavy atom. The number of hydrogen-bond donors (Lipinski definition) is 0. The second-order valence-electron chi connectivity index (χ2n) is 2.10. The number of hydrogen-bond acceptors (Lipinski definition) is 2. The highest BCUT2D eigenvalue weighted by Gasteiger charge is 2.14. The molecule has 0 saturated heterocycles. The number of thioether (sulfide) groups is 1. The summed E-state index contributed by atoms with van der Waals surface area (Å²) in [6, 6.07) is 0. The van der Waals surface area contributed by atoms with E-state index in [1.54, 1.807) is 6.08 Å². The lowest BCUT2D eigenvalue weighted by Gasteiger charge is -1.94. The number of halogens is 2. The summed E-state index contributed by atoms with van der Waals surface area (Å²) in [5, 5.41) is 1.35. The molecule has 0 radical (unpaired) electrons. The van der Waals surface area contributed by atoms with Crippen molar-refractivity contribution in [3.05, 3.63) is 33.3 Å². The van der Waals surface area contributed by atoms with Gasteiger partial charge in [0.25, 0.3) is 0 Å². The van der Waals surface area contributed by atoms with Gasteiger partial charge < -0.3 is 0 Å². The van der Waals surface area contributed by atoms with Crippen LogP contribution in [0.1, 0.15) is 6.92 Å². The summed E-state index contributed by atoms with van der Waals surface area (Å²) in [5.41, 5.74) is 0.895. The zero-order chi connectivity index (χ0) is 9.14. The summed E-state index contributed by atoms with van der Waals surface area (Å²) in [6.45, 7) is 5.67. The van der Waals surface area contributed by atoms with E-state index in [0.29, 0.717) is 5.16 Å². The molecule has 0 unspecified atom stereocenters. The third kappa shape index (κ3) is 2.51. The van der Waals surface area contributed by atoms with Crippen LogP contribution in [0.4, 0.5) is 0 Å². The van der Waals surface area contributed by atoms with E-state index in [1.165, 1.54) is 11.8 Å². The normalized spacial score (nSPS) is 21.9. The van der Waals surface area contributed by atoms with Crippen LogP contribution >= 0.6 is 39.3 Å². The largest absolute Gasteiger partial charge is 0.229 e. The highest BCUT2D eigenvalue weighted by molar-refractivity contribution is 9.14. The van der Waals surface area contributed by atoms with E-state index < -0.39 is 0 Å². The fraction of sp³-hybridized carbons (Fsp3) is 0.125. The molecule has 1 aliphatic rings. The van der Waals surface area contributed by atoms with Crippen LogP contribution in [0, 0.1) is 0 Å². The lowest BCUT2D eigenvalue weighted by molar-refractivity contribution is 1.48. The van der Waals surface area contributed by atoms with Crippen LogP contribution < -0.4 is 0 Å². The van der Waals surface area contributed by atoms with Crippen molar-refractivity contribution in [1.29, 1.82) is 0 Å². The average Bonchev–Trinajstić information content (AvgIpc) is 2.30. The second kappa shape index (κ2) is 4.30. The maximum Gasteiger partial charge on any atom is 0.126 e. The van der Waals surface area contributed by atoms with Crippen LogP contribution in [0.15, 0.2) is 38.3 Å². The third-order valence-electron chi connectivity index (χ3n) is 1.20. The fourth-order valence-electron chi connectivity index (χ4n) is 0.642. The number of allylic oxidation sites excluding steroid dienone is 2. The van der Waals surface area contributed by atoms with Gasteiger partial charge in [-0.3, -0.25) is 0 Å². The maximum atomic E-state index is 5.74. The Hall–Kier alpha value is 0.01000. The minimum atomic E-state index is 0.495. The van der Waals surface area contributed by atoms with Gasteiger partial charge in [-0.15, -0.1) is 0 Å². The van der Waals surface area contributed by atoms with Gasteiger partial charge in [0.1, 0.15) is 10.2 Å². The van der Waals surface area contributed by atoms with Gasteiger partial charge in [-0.2, -0.15) is 0 Å². The molecule has 0 amide bonds. The highest BCUT2D eigenvalue weighted by atomic mass is 79.9. The van der Waals surface area contributed by atoms with Gasteiger partial charge in [-0.25, -0.2) is 4.99 Å². The molecule has 4 heteroatoms. The van der Waals surface area contributed by atoms with E-state index in [2.05, 4.69) is 27.5 Å². The van der Waals surface area contributed by atoms with Gasteiger partial charge in [0.05, 0.1) is 3.81 Å². The van der Waals surface area contributed by atoms with Crippen LogP contribution in [-0.2, 0) is 0 Å². The topological polar surface area (TPSA) is 12.4 Å². The quantitative estimate of drug-likeness (QED) is 0.652. The van der Waals surface area contributed by atoms with Crippen LogP contribution in [0.2, 0.25) is 0 Å². The Bertz CT molecular complexity index is 304. The summed E-state index contributed by atoms with van der Waals surface area (Å²) < 4.78 is 1.02. The Morgan fingerprint density at radius 3 is 2.92 bits per heavy atom. The molecule has 12 heavy (non-hydrogen) atoms. The average molecular weight is 265 g/mol.